The fourth-order valence-electron chi connectivity index (χ4n) is 1.38. The zero-order valence-corrected chi connectivity index (χ0v) is 8.46. The van der Waals surface area contributed by atoms with Crippen molar-refractivity contribution in [2.45, 2.75) is 46.1 Å². The van der Waals surface area contributed by atoms with Gasteiger partial charge in [0.25, 0.3) is 0 Å². The van der Waals surface area contributed by atoms with Crippen LogP contribution in [0, 0.1) is 0 Å². The summed E-state index contributed by atoms with van der Waals surface area (Å²) in [5.74, 6) is 0. The molecule has 0 N–H and O–H groups in total. The van der Waals surface area contributed by atoms with Crippen LogP contribution in [0.4, 0.5) is 0 Å². The summed E-state index contributed by atoms with van der Waals surface area (Å²) in [5.41, 5.74) is 1.46. The Morgan fingerprint density at radius 3 is 2.58 bits per heavy atom. The molecule has 0 spiro atoms. The highest BCUT2D eigenvalue weighted by atomic mass is 15.3. The summed E-state index contributed by atoms with van der Waals surface area (Å²) in [6, 6.07) is 2.11. The number of rotatable bonds is 2. The van der Waals surface area contributed by atoms with E-state index in [1.807, 2.05) is 6.20 Å². The Bertz CT molecular complexity index is 243. The predicted molar refractivity (Wildman–Crippen MR) is 51.2 cm³/mol. The van der Waals surface area contributed by atoms with Crippen molar-refractivity contribution < 1.29 is 0 Å². The lowest BCUT2D eigenvalue weighted by Crippen LogP contribution is -2.25. The Balaban J connectivity index is 2.91. The summed E-state index contributed by atoms with van der Waals surface area (Å²) in [6.07, 6.45) is 4.19. The molecule has 0 aromatic carbocycles. The van der Waals surface area contributed by atoms with E-state index in [4.69, 9.17) is 0 Å². The SMILES string of the molecule is CCCc1ccnn1C(C)(C)C. The van der Waals surface area contributed by atoms with Crippen LogP contribution in [-0.2, 0) is 12.0 Å². The van der Waals surface area contributed by atoms with Crippen molar-refractivity contribution in [1.29, 1.82) is 0 Å². The standard InChI is InChI=1S/C10H18N2/c1-5-6-9-7-8-11-12(9)10(2,3)4/h7-8H,5-6H2,1-4H3. The first-order valence-electron chi connectivity index (χ1n) is 4.59. The molecule has 0 radical (unpaired) electrons. The van der Waals surface area contributed by atoms with Gasteiger partial charge in [0.05, 0.1) is 5.54 Å². The van der Waals surface area contributed by atoms with Gasteiger partial charge in [0, 0.05) is 11.9 Å². The second kappa shape index (κ2) is 3.30. The van der Waals surface area contributed by atoms with Crippen molar-refractivity contribution in [3.8, 4) is 0 Å². The first kappa shape index (κ1) is 9.30. The summed E-state index contributed by atoms with van der Waals surface area (Å²) in [7, 11) is 0. The first-order chi connectivity index (χ1) is 5.55. The normalized spacial score (nSPS) is 12.0. The van der Waals surface area contributed by atoms with Crippen molar-refractivity contribution in [2.75, 3.05) is 0 Å². The van der Waals surface area contributed by atoms with Gasteiger partial charge >= 0.3 is 0 Å². The van der Waals surface area contributed by atoms with E-state index >= 15 is 0 Å². The number of nitrogens with zero attached hydrogens (tertiary/aromatic N) is 2. The molecule has 0 aliphatic heterocycles. The number of aryl methyl sites for hydroxylation is 1. The molecule has 0 aliphatic rings. The fraction of sp³-hybridized carbons (Fsp3) is 0.700. The molecule has 68 valence electrons. The van der Waals surface area contributed by atoms with Gasteiger partial charge in [-0.1, -0.05) is 13.3 Å². The molecule has 1 rings (SSSR count). The predicted octanol–water partition coefficient (Wildman–Crippen LogP) is 2.59. The smallest absolute Gasteiger partial charge is 0.0546 e. The highest BCUT2D eigenvalue weighted by Crippen LogP contribution is 2.16. The van der Waals surface area contributed by atoms with Crippen LogP contribution in [0.15, 0.2) is 12.3 Å². The monoisotopic (exact) mass is 166 g/mol. The van der Waals surface area contributed by atoms with Crippen LogP contribution >= 0.6 is 0 Å². The van der Waals surface area contributed by atoms with E-state index in [2.05, 4.69) is 43.5 Å². The van der Waals surface area contributed by atoms with Crippen molar-refractivity contribution in [2.24, 2.45) is 0 Å². The zero-order valence-electron chi connectivity index (χ0n) is 8.46. The molecule has 0 atom stereocenters. The molecule has 1 heterocycles. The lowest BCUT2D eigenvalue weighted by atomic mass is 10.1. The molecule has 2 heteroatoms. The Morgan fingerprint density at radius 1 is 1.42 bits per heavy atom. The second-order valence-electron chi connectivity index (χ2n) is 4.16. The fourth-order valence-corrected chi connectivity index (χ4v) is 1.38. The number of aromatic nitrogens is 2. The third-order valence-corrected chi connectivity index (χ3v) is 1.86. The third-order valence-electron chi connectivity index (χ3n) is 1.86. The molecule has 1 aromatic heterocycles. The van der Waals surface area contributed by atoms with Crippen LogP contribution < -0.4 is 0 Å². The van der Waals surface area contributed by atoms with Gasteiger partial charge in [-0.05, 0) is 33.3 Å². The van der Waals surface area contributed by atoms with Gasteiger partial charge in [0.2, 0.25) is 0 Å². The number of hydrogen-bond acceptors (Lipinski definition) is 1. The Kier molecular flexibility index (Phi) is 2.55. The zero-order chi connectivity index (χ0) is 9.19. The maximum atomic E-state index is 4.32. The minimum atomic E-state index is 0.119. The van der Waals surface area contributed by atoms with Gasteiger partial charge in [0.15, 0.2) is 0 Å². The molecular weight excluding hydrogens is 148 g/mol. The molecular formula is C10H18N2. The Morgan fingerprint density at radius 2 is 2.08 bits per heavy atom. The topological polar surface area (TPSA) is 17.8 Å². The Labute approximate surface area is 74.6 Å². The summed E-state index contributed by atoms with van der Waals surface area (Å²) >= 11 is 0. The lowest BCUT2D eigenvalue weighted by Gasteiger charge is -2.22. The van der Waals surface area contributed by atoms with Crippen molar-refractivity contribution in [3.63, 3.8) is 0 Å². The van der Waals surface area contributed by atoms with Crippen LogP contribution in [0.1, 0.15) is 39.8 Å². The molecule has 0 amide bonds. The highest BCUT2D eigenvalue weighted by molar-refractivity contribution is 5.03. The largest absolute Gasteiger partial charge is 0.264 e. The second-order valence-corrected chi connectivity index (χ2v) is 4.16. The molecule has 12 heavy (non-hydrogen) atoms. The molecule has 0 saturated heterocycles. The summed E-state index contributed by atoms with van der Waals surface area (Å²) in [5, 5.41) is 4.32. The summed E-state index contributed by atoms with van der Waals surface area (Å²) in [4.78, 5) is 0. The van der Waals surface area contributed by atoms with Gasteiger partial charge in [-0.15, -0.1) is 0 Å². The van der Waals surface area contributed by atoms with Crippen molar-refractivity contribution >= 4 is 0 Å². The minimum Gasteiger partial charge on any atom is -0.264 e. The van der Waals surface area contributed by atoms with Crippen LogP contribution in [0.2, 0.25) is 0 Å². The molecule has 0 unspecified atom stereocenters. The maximum absolute atomic E-state index is 4.32. The minimum absolute atomic E-state index is 0.119. The molecule has 2 nitrogen and oxygen atoms in total. The van der Waals surface area contributed by atoms with E-state index in [-0.39, 0.29) is 5.54 Å². The van der Waals surface area contributed by atoms with E-state index in [9.17, 15) is 0 Å². The molecule has 0 fully saturated rings. The van der Waals surface area contributed by atoms with Gasteiger partial charge in [0.1, 0.15) is 0 Å². The molecule has 0 bridgehead atoms. The molecule has 0 aliphatic carbocycles. The van der Waals surface area contributed by atoms with E-state index in [0.29, 0.717) is 0 Å². The first-order valence-corrected chi connectivity index (χ1v) is 4.59. The van der Waals surface area contributed by atoms with E-state index in [1.165, 1.54) is 12.1 Å². The van der Waals surface area contributed by atoms with Gasteiger partial charge in [-0.25, -0.2) is 0 Å². The van der Waals surface area contributed by atoms with Crippen LogP contribution in [-0.4, -0.2) is 9.78 Å². The van der Waals surface area contributed by atoms with Gasteiger partial charge in [-0.2, -0.15) is 5.10 Å². The van der Waals surface area contributed by atoms with E-state index in [0.717, 1.165) is 6.42 Å². The summed E-state index contributed by atoms with van der Waals surface area (Å²) in [6.45, 7) is 8.73. The highest BCUT2D eigenvalue weighted by Gasteiger charge is 2.15. The van der Waals surface area contributed by atoms with E-state index in [1.54, 1.807) is 0 Å². The quantitative estimate of drug-likeness (QED) is 0.660. The number of hydrogen-bond donors (Lipinski definition) is 0. The van der Waals surface area contributed by atoms with Crippen LogP contribution in [0.3, 0.4) is 0 Å². The Hall–Kier alpha value is -0.790. The molecule has 1 aromatic rings. The van der Waals surface area contributed by atoms with Crippen LogP contribution in [0.25, 0.3) is 0 Å². The third kappa shape index (κ3) is 1.87. The average Bonchev–Trinajstić information content (AvgIpc) is 2.34. The van der Waals surface area contributed by atoms with Crippen LogP contribution in [0.5, 0.6) is 0 Å². The maximum Gasteiger partial charge on any atom is 0.0546 e. The lowest BCUT2D eigenvalue weighted by molar-refractivity contribution is 0.343. The van der Waals surface area contributed by atoms with Crippen molar-refractivity contribution in [3.05, 3.63) is 18.0 Å². The average molecular weight is 166 g/mol. The van der Waals surface area contributed by atoms with Crippen molar-refractivity contribution in [1.82, 2.24) is 9.78 Å². The van der Waals surface area contributed by atoms with Gasteiger partial charge in [-0.3, -0.25) is 4.68 Å². The van der Waals surface area contributed by atoms with Gasteiger partial charge < -0.3 is 0 Å². The molecule has 0 saturated carbocycles. The van der Waals surface area contributed by atoms with E-state index < -0.39 is 0 Å². The summed E-state index contributed by atoms with van der Waals surface area (Å²) < 4.78 is 2.11.